The lowest BCUT2D eigenvalue weighted by Gasteiger charge is -2.19. The molecule has 0 unspecified atom stereocenters. The zero-order valence-electron chi connectivity index (χ0n) is 13.6. The number of carbonyl (C=O) groups excluding carboxylic acids is 2. The number of rotatable bonds is 4. The quantitative estimate of drug-likeness (QED) is 0.849. The number of carbonyl (C=O) groups is 2. The number of hydrogen-bond donors (Lipinski definition) is 1. The van der Waals surface area contributed by atoms with Crippen LogP contribution in [-0.4, -0.2) is 18.0 Å². The normalized spacial score (nSPS) is 10.9. The molecule has 0 aliphatic rings. The minimum absolute atomic E-state index is 0.474. The number of hydrogen-bond acceptors (Lipinski definition) is 3. The van der Waals surface area contributed by atoms with Gasteiger partial charge in [-0.1, -0.05) is 30.3 Å². The van der Waals surface area contributed by atoms with Gasteiger partial charge in [-0.25, -0.2) is 4.79 Å². The largest absolute Gasteiger partial charge is 0.444 e. The van der Waals surface area contributed by atoms with E-state index >= 15 is 0 Å². The smallest absolute Gasteiger partial charge is 0.412 e. The molecule has 0 atom stereocenters. The molecule has 2 aromatic carbocycles. The molecule has 0 radical (unpaired) electrons. The Morgan fingerprint density at radius 2 is 1.74 bits per heavy atom. The Labute approximate surface area is 136 Å². The lowest BCUT2D eigenvalue weighted by atomic mass is 10.0. The molecule has 4 nitrogen and oxygen atoms in total. The monoisotopic (exact) mass is 311 g/mol. The Bertz CT molecular complexity index is 702. The topological polar surface area (TPSA) is 55.4 Å². The van der Waals surface area contributed by atoms with Gasteiger partial charge in [-0.2, -0.15) is 0 Å². The van der Waals surface area contributed by atoms with Crippen LogP contribution in [0.5, 0.6) is 0 Å². The van der Waals surface area contributed by atoms with Crippen LogP contribution in [-0.2, 0) is 11.2 Å². The number of ether oxygens (including phenoxy) is 1. The van der Waals surface area contributed by atoms with Gasteiger partial charge in [0.1, 0.15) is 11.9 Å². The maximum Gasteiger partial charge on any atom is 0.412 e. The van der Waals surface area contributed by atoms with Crippen molar-refractivity contribution in [1.29, 1.82) is 0 Å². The Morgan fingerprint density at radius 1 is 1.09 bits per heavy atom. The first kappa shape index (κ1) is 16.7. The second-order valence-electron chi connectivity index (χ2n) is 6.37. The number of nitrogens with one attached hydrogen (secondary N) is 1. The SMILES string of the molecule is CC(C)(C)OC(=O)Nc1cccc(Cc2cccc(C=O)c2)c1. The fourth-order valence-electron chi connectivity index (χ4n) is 2.19. The molecule has 0 spiro atoms. The Morgan fingerprint density at radius 3 is 2.39 bits per heavy atom. The highest BCUT2D eigenvalue weighted by Gasteiger charge is 2.16. The minimum atomic E-state index is -0.531. The molecular formula is C19H21NO3. The van der Waals surface area contributed by atoms with Crippen LogP contribution in [0.2, 0.25) is 0 Å². The minimum Gasteiger partial charge on any atom is -0.444 e. The summed E-state index contributed by atoms with van der Waals surface area (Å²) in [7, 11) is 0. The number of anilines is 1. The molecule has 0 saturated carbocycles. The average Bonchev–Trinajstić information content (AvgIpc) is 2.45. The summed E-state index contributed by atoms with van der Waals surface area (Å²) in [6.45, 7) is 5.47. The fraction of sp³-hybridized carbons (Fsp3) is 0.263. The summed E-state index contributed by atoms with van der Waals surface area (Å²) in [4.78, 5) is 22.6. The number of amides is 1. The maximum absolute atomic E-state index is 11.8. The summed E-state index contributed by atoms with van der Waals surface area (Å²) >= 11 is 0. The first-order valence-electron chi connectivity index (χ1n) is 7.49. The fourth-order valence-corrected chi connectivity index (χ4v) is 2.19. The molecule has 0 heterocycles. The van der Waals surface area contributed by atoms with Gasteiger partial charge in [0, 0.05) is 11.3 Å². The molecule has 120 valence electrons. The molecule has 2 rings (SSSR count). The molecule has 2 aromatic rings. The van der Waals surface area contributed by atoms with Crippen molar-refractivity contribution in [2.24, 2.45) is 0 Å². The molecule has 0 bridgehead atoms. The van der Waals surface area contributed by atoms with Gasteiger partial charge >= 0.3 is 6.09 Å². The first-order chi connectivity index (χ1) is 10.9. The van der Waals surface area contributed by atoms with E-state index in [0.29, 0.717) is 17.7 Å². The number of benzene rings is 2. The van der Waals surface area contributed by atoms with Crippen molar-refractivity contribution >= 4 is 18.1 Å². The van der Waals surface area contributed by atoms with Crippen molar-refractivity contribution in [1.82, 2.24) is 0 Å². The van der Waals surface area contributed by atoms with Gasteiger partial charge in [0.2, 0.25) is 0 Å². The molecule has 1 amide bonds. The third kappa shape index (κ3) is 5.58. The predicted molar refractivity (Wildman–Crippen MR) is 90.9 cm³/mol. The standard InChI is InChI=1S/C19H21NO3/c1-19(2,3)23-18(22)20-17-9-5-7-15(12-17)10-14-6-4-8-16(11-14)13-21/h4-9,11-13H,10H2,1-3H3,(H,20,22). The highest BCUT2D eigenvalue weighted by Crippen LogP contribution is 2.17. The van der Waals surface area contributed by atoms with Crippen LogP contribution in [0, 0.1) is 0 Å². The molecular weight excluding hydrogens is 290 g/mol. The second-order valence-corrected chi connectivity index (χ2v) is 6.37. The highest BCUT2D eigenvalue weighted by atomic mass is 16.6. The molecule has 4 heteroatoms. The Kier molecular flexibility index (Phi) is 5.16. The first-order valence-corrected chi connectivity index (χ1v) is 7.49. The van der Waals surface area contributed by atoms with E-state index in [1.807, 2.05) is 63.2 Å². The van der Waals surface area contributed by atoms with Crippen LogP contribution in [0.25, 0.3) is 0 Å². The summed E-state index contributed by atoms with van der Waals surface area (Å²) in [5.74, 6) is 0. The predicted octanol–water partition coefficient (Wildman–Crippen LogP) is 4.44. The zero-order valence-corrected chi connectivity index (χ0v) is 13.6. The lowest BCUT2D eigenvalue weighted by Crippen LogP contribution is -2.27. The third-order valence-electron chi connectivity index (χ3n) is 3.07. The van der Waals surface area contributed by atoms with E-state index in [-0.39, 0.29) is 0 Å². The van der Waals surface area contributed by atoms with Crippen molar-refractivity contribution in [2.45, 2.75) is 32.8 Å². The van der Waals surface area contributed by atoms with E-state index in [2.05, 4.69) is 5.32 Å². The molecule has 0 aromatic heterocycles. The molecule has 23 heavy (non-hydrogen) atoms. The van der Waals surface area contributed by atoms with Crippen LogP contribution in [0.1, 0.15) is 42.3 Å². The molecule has 0 aliphatic carbocycles. The van der Waals surface area contributed by atoms with Gasteiger partial charge in [0.15, 0.2) is 0 Å². The lowest BCUT2D eigenvalue weighted by molar-refractivity contribution is 0.0636. The summed E-state index contributed by atoms with van der Waals surface area (Å²) in [5.41, 5.74) is 2.90. The molecule has 1 N–H and O–H groups in total. The van der Waals surface area contributed by atoms with E-state index < -0.39 is 11.7 Å². The van der Waals surface area contributed by atoms with Crippen molar-refractivity contribution in [2.75, 3.05) is 5.32 Å². The van der Waals surface area contributed by atoms with Crippen LogP contribution >= 0.6 is 0 Å². The van der Waals surface area contributed by atoms with Gasteiger partial charge < -0.3 is 4.74 Å². The van der Waals surface area contributed by atoms with Crippen molar-refractivity contribution in [3.8, 4) is 0 Å². The Hall–Kier alpha value is -2.62. The third-order valence-corrected chi connectivity index (χ3v) is 3.07. The van der Waals surface area contributed by atoms with Gasteiger partial charge in [-0.05, 0) is 56.5 Å². The number of aldehydes is 1. The summed E-state index contributed by atoms with van der Waals surface area (Å²) in [6, 6.07) is 15.0. The Balaban J connectivity index is 2.07. The van der Waals surface area contributed by atoms with E-state index in [4.69, 9.17) is 4.74 Å². The summed E-state index contributed by atoms with van der Waals surface area (Å²) in [6.07, 6.45) is 1.05. The van der Waals surface area contributed by atoms with Gasteiger partial charge in [0.25, 0.3) is 0 Å². The van der Waals surface area contributed by atoms with Crippen molar-refractivity contribution < 1.29 is 14.3 Å². The van der Waals surface area contributed by atoms with Gasteiger partial charge in [-0.3, -0.25) is 10.1 Å². The van der Waals surface area contributed by atoms with E-state index in [0.717, 1.165) is 17.4 Å². The zero-order chi connectivity index (χ0) is 16.9. The van der Waals surface area contributed by atoms with E-state index in [1.54, 1.807) is 6.07 Å². The van der Waals surface area contributed by atoms with E-state index in [1.165, 1.54) is 0 Å². The molecule has 0 saturated heterocycles. The molecule has 0 aliphatic heterocycles. The highest BCUT2D eigenvalue weighted by molar-refractivity contribution is 5.85. The van der Waals surface area contributed by atoms with Gasteiger partial charge in [0.05, 0.1) is 0 Å². The second kappa shape index (κ2) is 7.09. The average molecular weight is 311 g/mol. The summed E-state index contributed by atoms with van der Waals surface area (Å²) < 4.78 is 5.24. The van der Waals surface area contributed by atoms with Gasteiger partial charge in [-0.15, -0.1) is 0 Å². The summed E-state index contributed by atoms with van der Waals surface area (Å²) in [5, 5.41) is 2.73. The van der Waals surface area contributed by atoms with Crippen LogP contribution in [0.4, 0.5) is 10.5 Å². The van der Waals surface area contributed by atoms with Crippen molar-refractivity contribution in [3.63, 3.8) is 0 Å². The molecule has 0 fully saturated rings. The van der Waals surface area contributed by atoms with Crippen LogP contribution in [0.3, 0.4) is 0 Å². The van der Waals surface area contributed by atoms with E-state index in [9.17, 15) is 9.59 Å². The van der Waals surface area contributed by atoms with Crippen LogP contribution < -0.4 is 5.32 Å². The van der Waals surface area contributed by atoms with Crippen LogP contribution in [0.15, 0.2) is 48.5 Å². The maximum atomic E-state index is 11.8. The van der Waals surface area contributed by atoms with Crippen molar-refractivity contribution in [3.05, 3.63) is 65.2 Å².